The molecule has 0 atom stereocenters. The molecule has 0 saturated heterocycles. The molecule has 0 rings (SSSR count). The number of ether oxygens (including phenoxy) is 2. The van der Waals surface area contributed by atoms with Gasteiger partial charge in [0.1, 0.15) is 0 Å². The molecule has 0 aromatic heterocycles. The summed E-state index contributed by atoms with van der Waals surface area (Å²) in [5.41, 5.74) is 0. The summed E-state index contributed by atoms with van der Waals surface area (Å²) in [6, 6.07) is 0. The Kier molecular flexibility index (Phi) is 32.6. The SMILES string of the molecule is CC(=O)O.CCCCOCCCC.OCCOCCO. The van der Waals surface area contributed by atoms with Gasteiger partial charge in [-0.05, 0) is 12.8 Å². The van der Waals surface area contributed by atoms with Crippen LogP contribution in [0.25, 0.3) is 0 Å². The van der Waals surface area contributed by atoms with E-state index in [2.05, 4.69) is 18.6 Å². The Morgan fingerprint density at radius 3 is 1.40 bits per heavy atom. The summed E-state index contributed by atoms with van der Waals surface area (Å²) in [6.45, 7) is 8.06. The predicted molar refractivity (Wildman–Crippen MR) is 78.9 cm³/mol. The Morgan fingerprint density at radius 2 is 1.15 bits per heavy atom. The molecule has 3 N–H and O–H groups in total. The molecule has 0 radical (unpaired) electrons. The molecule has 0 fully saturated rings. The number of hydrogen-bond donors (Lipinski definition) is 3. The Labute approximate surface area is 122 Å². The molecule has 20 heavy (non-hydrogen) atoms. The van der Waals surface area contributed by atoms with Gasteiger partial charge in [0, 0.05) is 20.1 Å². The lowest BCUT2D eigenvalue weighted by molar-refractivity contribution is -0.134. The second kappa shape index (κ2) is 26.8. The lowest BCUT2D eigenvalue weighted by Crippen LogP contribution is -2.03. The van der Waals surface area contributed by atoms with Gasteiger partial charge in [-0.25, -0.2) is 0 Å². The van der Waals surface area contributed by atoms with Gasteiger partial charge < -0.3 is 24.8 Å². The average Bonchev–Trinajstić information content (AvgIpc) is 2.39. The monoisotopic (exact) mass is 296 g/mol. The van der Waals surface area contributed by atoms with Crippen molar-refractivity contribution in [2.45, 2.75) is 46.5 Å². The molecule has 0 heterocycles. The summed E-state index contributed by atoms with van der Waals surface area (Å²) in [6.07, 6.45) is 4.91. The molecule has 0 saturated carbocycles. The van der Waals surface area contributed by atoms with Crippen molar-refractivity contribution in [2.75, 3.05) is 39.6 Å². The van der Waals surface area contributed by atoms with E-state index in [1.165, 1.54) is 25.7 Å². The van der Waals surface area contributed by atoms with Gasteiger partial charge >= 0.3 is 0 Å². The summed E-state index contributed by atoms with van der Waals surface area (Å²) >= 11 is 0. The van der Waals surface area contributed by atoms with E-state index in [1.54, 1.807) is 0 Å². The van der Waals surface area contributed by atoms with Crippen molar-refractivity contribution in [3.63, 3.8) is 0 Å². The first-order chi connectivity index (χ1) is 9.56. The molecule has 6 nitrogen and oxygen atoms in total. The first-order valence-corrected chi connectivity index (χ1v) is 7.13. The first kappa shape index (κ1) is 24.3. The van der Waals surface area contributed by atoms with Crippen molar-refractivity contribution in [2.24, 2.45) is 0 Å². The maximum atomic E-state index is 9.00. The van der Waals surface area contributed by atoms with Crippen LogP contribution in [-0.2, 0) is 14.3 Å². The predicted octanol–water partition coefficient (Wildman–Crippen LogP) is 1.68. The Balaban J connectivity index is -0.000000234. The number of carbonyl (C=O) groups is 1. The minimum atomic E-state index is -0.833. The van der Waals surface area contributed by atoms with Gasteiger partial charge in [0.05, 0.1) is 26.4 Å². The first-order valence-electron chi connectivity index (χ1n) is 7.13. The second-order valence-electron chi connectivity index (χ2n) is 3.90. The smallest absolute Gasteiger partial charge is 0.300 e. The Bertz CT molecular complexity index is 150. The molecule has 6 heteroatoms. The topological polar surface area (TPSA) is 96.2 Å². The van der Waals surface area contributed by atoms with E-state index >= 15 is 0 Å². The van der Waals surface area contributed by atoms with Crippen LogP contribution in [0, 0.1) is 0 Å². The van der Waals surface area contributed by atoms with E-state index in [0.29, 0.717) is 13.2 Å². The number of aliphatic carboxylic acids is 1. The zero-order valence-electron chi connectivity index (χ0n) is 13.1. The third-order valence-electron chi connectivity index (χ3n) is 1.76. The van der Waals surface area contributed by atoms with Crippen molar-refractivity contribution in [3.05, 3.63) is 0 Å². The number of hydrogen-bond acceptors (Lipinski definition) is 5. The number of carboxylic acid groups (broad SMARTS) is 1. The fraction of sp³-hybridized carbons (Fsp3) is 0.929. The number of unbranched alkanes of at least 4 members (excludes halogenated alkanes) is 2. The van der Waals surface area contributed by atoms with E-state index in [4.69, 9.17) is 24.9 Å². The van der Waals surface area contributed by atoms with Crippen molar-refractivity contribution in [3.8, 4) is 0 Å². The Hall–Kier alpha value is -0.690. The van der Waals surface area contributed by atoms with Gasteiger partial charge in [-0.1, -0.05) is 26.7 Å². The average molecular weight is 296 g/mol. The molecule has 0 amide bonds. The maximum Gasteiger partial charge on any atom is 0.300 e. The highest BCUT2D eigenvalue weighted by molar-refractivity contribution is 5.62. The zero-order chi connectivity index (χ0) is 16.1. The summed E-state index contributed by atoms with van der Waals surface area (Å²) < 4.78 is 9.95. The zero-order valence-corrected chi connectivity index (χ0v) is 13.1. The molecule has 0 aliphatic carbocycles. The molecule has 0 aliphatic heterocycles. The number of rotatable bonds is 10. The molecule has 124 valence electrons. The van der Waals surface area contributed by atoms with Crippen LogP contribution in [-0.4, -0.2) is 60.9 Å². The third-order valence-corrected chi connectivity index (χ3v) is 1.76. The van der Waals surface area contributed by atoms with Crippen LogP contribution in [0.1, 0.15) is 46.5 Å². The summed E-state index contributed by atoms with van der Waals surface area (Å²) in [5.74, 6) is -0.833. The van der Waals surface area contributed by atoms with Crippen molar-refractivity contribution >= 4 is 5.97 Å². The number of aliphatic hydroxyl groups is 2. The third kappa shape index (κ3) is 53.1. The molecular weight excluding hydrogens is 264 g/mol. The lowest BCUT2D eigenvalue weighted by Gasteiger charge is -1.99. The van der Waals surface area contributed by atoms with Gasteiger partial charge in [-0.2, -0.15) is 0 Å². The van der Waals surface area contributed by atoms with Gasteiger partial charge in [-0.15, -0.1) is 0 Å². The minimum Gasteiger partial charge on any atom is -0.481 e. The van der Waals surface area contributed by atoms with Gasteiger partial charge in [0.15, 0.2) is 0 Å². The van der Waals surface area contributed by atoms with E-state index in [1.807, 2.05) is 0 Å². The fourth-order valence-corrected chi connectivity index (χ4v) is 0.826. The molecule has 0 aromatic carbocycles. The van der Waals surface area contributed by atoms with Gasteiger partial charge in [0.25, 0.3) is 5.97 Å². The van der Waals surface area contributed by atoms with Crippen LogP contribution >= 0.6 is 0 Å². The van der Waals surface area contributed by atoms with Crippen LogP contribution in [0.5, 0.6) is 0 Å². The van der Waals surface area contributed by atoms with Crippen molar-refractivity contribution < 1.29 is 29.6 Å². The van der Waals surface area contributed by atoms with E-state index < -0.39 is 5.97 Å². The molecule has 0 bridgehead atoms. The van der Waals surface area contributed by atoms with Crippen LogP contribution in [0.15, 0.2) is 0 Å². The molecule has 0 aliphatic rings. The lowest BCUT2D eigenvalue weighted by atomic mass is 10.3. The van der Waals surface area contributed by atoms with Crippen molar-refractivity contribution in [1.82, 2.24) is 0 Å². The molecule has 0 unspecified atom stereocenters. The summed E-state index contributed by atoms with van der Waals surface area (Å²) in [5, 5.41) is 23.6. The highest BCUT2D eigenvalue weighted by Crippen LogP contribution is 1.91. The molecule has 0 aromatic rings. The van der Waals surface area contributed by atoms with E-state index in [9.17, 15) is 0 Å². The van der Waals surface area contributed by atoms with E-state index in [0.717, 1.165) is 20.1 Å². The van der Waals surface area contributed by atoms with Crippen LogP contribution < -0.4 is 0 Å². The van der Waals surface area contributed by atoms with E-state index in [-0.39, 0.29) is 13.2 Å². The van der Waals surface area contributed by atoms with Crippen molar-refractivity contribution in [1.29, 1.82) is 0 Å². The minimum absolute atomic E-state index is 0.0278. The maximum absolute atomic E-state index is 9.00. The second-order valence-corrected chi connectivity index (χ2v) is 3.90. The highest BCUT2D eigenvalue weighted by atomic mass is 16.5. The van der Waals surface area contributed by atoms with Gasteiger partial charge in [-0.3, -0.25) is 4.79 Å². The Morgan fingerprint density at radius 1 is 0.850 bits per heavy atom. The summed E-state index contributed by atoms with van der Waals surface area (Å²) in [4.78, 5) is 9.00. The number of aliphatic hydroxyl groups excluding tert-OH is 2. The quantitative estimate of drug-likeness (QED) is 0.531. The summed E-state index contributed by atoms with van der Waals surface area (Å²) in [7, 11) is 0. The standard InChI is InChI=1S/C8H18O.C4H10O3.C2H4O2/c1-3-5-7-9-8-6-4-2;5-1-3-7-4-2-6;1-2(3)4/h3-8H2,1-2H3;5-6H,1-4H2;1H3,(H,3,4). The van der Waals surface area contributed by atoms with Gasteiger partial charge in [0.2, 0.25) is 0 Å². The molecular formula is C14H32O6. The van der Waals surface area contributed by atoms with Crippen LogP contribution in [0.3, 0.4) is 0 Å². The fourth-order valence-electron chi connectivity index (χ4n) is 0.826. The van der Waals surface area contributed by atoms with Crippen LogP contribution in [0.2, 0.25) is 0 Å². The van der Waals surface area contributed by atoms with Crippen LogP contribution in [0.4, 0.5) is 0 Å². The normalized spacial score (nSPS) is 9.05. The largest absolute Gasteiger partial charge is 0.481 e. The highest BCUT2D eigenvalue weighted by Gasteiger charge is 1.84. The number of carboxylic acids is 1. The molecule has 0 spiro atoms.